The smallest absolute Gasteiger partial charge is 0.409 e. The van der Waals surface area contributed by atoms with E-state index < -0.39 is 31.2 Å². The van der Waals surface area contributed by atoms with Crippen molar-refractivity contribution >= 4 is 82.2 Å². The number of piperidine rings is 2. The van der Waals surface area contributed by atoms with Crippen LogP contribution in [0.25, 0.3) is 0 Å². The third-order valence-electron chi connectivity index (χ3n) is 13.0. The fraction of sp³-hybridized carbons (Fsp3) is 0.400. The summed E-state index contributed by atoms with van der Waals surface area (Å²) in [7, 11) is -1.20. The van der Waals surface area contributed by atoms with Crippen LogP contribution in [0.4, 0.5) is 47.7 Å². The van der Waals surface area contributed by atoms with Crippen LogP contribution in [0.15, 0.2) is 72.9 Å². The van der Waals surface area contributed by atoms with E-state index in [0.717, 1.165) is 63.1 Å². The van der Waals surface area contributed by atoms with Crippen molar-refractivity contribution in [2.75, 3.05) is 87.1 Å². The van der Waals surface area contributed by atoms with E-state index in [-0.39, 0.29) is 46.8 Å². The summed E-state index contributed by atoms with van der Waals surface area (Å²) in [6, 6.07) is 15.6. The standard InChI is InChI=1S/C50H55ClF3N10O6P/c1-70-42-29-41(38(56-45(66)16-19-50(52,53)54)28-39(42)58-49-55-30-36(51)46(60-49)57-37-10-6-7-11-43(37)71(2,3)69)63-21-17-34(18-22-63)62-25-23-61(24-26-62)20-8-4-5-9-32-12-13-35-33(27-32)31-64(48(35)68)40-14-15-44(65)59-47(40)67/h6-7,10-13,16,19,27-30,34,40H,4,8,14-15,17-18,20-26,31H2,1-3H3,(H,56,66)(H,59,65,67)(H2,55,57,58,60). The largest absolute Gasteiger partial charge is 0.494 e. The van der Waals surface area contributed by atoms with Crippen molar-refractivity contribution in [2.45, 2.75) is 63.3 Å². The molecule has 71 heavy (non-hydrogen) atoms. The number of rotatable bonds is 14. The molecule has 0 spiro atoms. The minimum Gasteiger partial charge on any atom is -0.494 e. The van der Waals surface area contributed by atoms with Crippen LogP contribution in [0.1, 0.15) is 60.0 Å². The summed E-state index contributed by atoms with van der Waals surface area (Å²) in [4.78, 5) is 67.5. The lowest BCUT2D eigenvalue weighted by Gasteiger charge is -2.43. The number of aromatic nitrogens is 2. The Bertz CT molecular complexity index is 2830. The van der Waals surface area contributed by atoms with E-state index in [0.29, 0.717) is 78.3 Å². The van der Waals surface area contributed by atoms with Crippen LogP contribution in [0, 0.1) is 11.8 Å². The molecule has 0 bridgehead atoms. The van der Waals surface area contributed by atoms with Crippen molar-refractivity contribution in [1.82, 2.24) is 30.0 Å². The number of nitrogens with one attached hydrogen (secondary N) is 4. The molecule has 0 aliphatic carbocycles. The molecule has 5 heterocycles. The Morgan fingerprint density at radius 1 is 0.972 bits per heavy atom. The highest BCUT2D eigenvalue weighted by molar-refractivity contribution is 7.70. The quantitative estimate of drug-likeness (QED) is 0.0330. The number of para-hydroxylation sites is 1. The lowest BCUT2D eigenvalue weighted by Crippen LogP contribution is -2.53. The minimum atomic E-state index is -4.68. The second-order valence-corrected chi connectivity index (χ2v) is 21.8. The molecule has 4 aliphatic heterocycles. The lowest BCUT2D eigenvalue weighted by atomic mass is 10.0. The van der Waals surface area contributed by atoms with Gasteiger partial charge in [0.05, 0.1) is 36.1 Å². The van der Waals surface area contributed by atoms with Crippen LogP contribution in [0.3, 0.4) is 0 Å². The fourth-order valence-corrected chi connectivity index (χ4v) is 10.7. The Morgan fingerprint density at radius 3 is 2.45 bits per heavy atom. The first-order valence-corrected chi connectivity index (χ1v) is 26.4. The van der Waals surface area contributed by atoms with Crippen molar-refractivity contribution in [3.63, 3.8) is 0 Å². The molecule has 21 heteroatoms. The summed E-state index contributed by atoms with van der Waals surface area (Å²) in [6.07, 6.45) is 0.848. The predicted octanol–water partition coefficient (Wildman–Crippen LogP) is 7.11. The summed E-state index contributed by atoms with van der Waals surface area (Å²) in [6.45, 7) is 9.46. The molecule has 4 N–H and O–H groups in total. The van der Waals surface area contributed by atoms with Gasteiger partial charge in [-0.25, -0.2) is 4.98 Å². The van der Waals surface area contributed by atoms with Gasteiger partial charge in [-0.05, 0) is 87.5 Å². The number of ether oxygens (including phenoxy) is 1. The van der Waals surface area contributed by atoms with Crippen molar-refractivity contribution in [2.24, 2.45) is 0 Å². The van der Waals surface area contributed by atoms with Crippen LogP contribution in [0.5, 0.6) is 5.75 Å². The summed E-state index contributed by atoms with van der Waals surface area (Å²) in [5, 5.41) is 12.1. The molecule has 4 amide bonds. The molecule has 16 nitrogen and oxygen atoms in total. The maximum Gasteiger partial charge on any atom is 0.409 e. The summed E-state index contributed by atoms with van der Waals surface area (Å²) in [5.74, 6) is 5.28. The van der Waals surface area contributed by atoms with Crippen molar-refractivity contribution in [3.05, 3.63) is 94.7 Å². The SMILES string of the molecule is COc1cc(N2CCC(N3CCN(CCCC#Cc4ccc5c(c4)CN(C4CCC(=O)NC4=O)C5=O)CC3)CC2)c(NC(=O)C=CC(F)(F)F)cc1Nc1ncc(Cl)c(Nc2ccccc2P(C)(C)=O)n1. The van der Waals surface area contributed by atoms with Gasteiger partial charge >= 0.3 is 6.18 Å². The van der Waals surface area contributed by atoms with E-state index in [1.54, 1.807) is 55.8 Å². The monoisotopic (exact) mass is 1010 g/mol. The maximum absolute atomic E-state index is 13.1. The first-order valence-electron chi connectivity index (χ1n) is 23.4. The Morgan fingerprint density at radius 2 is 1.73 bits per heavy atom. The number of fused-ring (bicyclic) bond motifs is 1. The van der Waals surface area contributed by atoms with Crippen LogP contribution < -0.4 is 36.2 Å². The number of imide groups is 1. The molecule has 4 aromatic rings. The average molecular weight is 1020 g/mol. The van der Waals surface area contributed by atoms with Crippen LogP contribution in [-0.4, -0.2) is 133 Å². The van der Waals surface area contributed by atoms with E-state index in [2.05, 4.69) is 57.8 Å². The minimum absolute atomic E-state index is 0.0931. The van der Waals surface area contributed by atoms with Gasteiger partial charge in [-0.15, -0.1) is 0 Å². The van der Waals surface area contributed by atoms with Crippen LogP contribution in [0.2, 0.25) is 5.02 Å². The molecule has 3 saturated heterocycles. The molecular weight excluding hydrogens is 960 g/mol. The van der Waals surface area contributed by atoms with Gasteiger partial charge in [-0.3, -0.25) is 29.4 Å². The van der Waals surface area contributed by atoms with Crippen molar-refractivity contribution in [3.8, 4) is 17.6 Å². The molecule has 1 aromatic heterocycles. The number of hydrogen-bond donors (Lipinski definition) is 4. The zero-order valence-electron chi connectivity index (χ0n) is 39.6. The number of nitrogens with zero attached hydrogens (tertiary/aromatic N) is 6. The number of allylic oxidation sites excluding steroid dienone is 1. The topological polar surface area (TPSA) is 181 Å². The molecule has 3 aromatic carbocycles. The van der Waals surface area contributed by atoms with Crippen molar-refractivity contribution < 1.29 is 41.7 Å². The highest BCUT2D eigenvalue weighted by atomic mass is 35.5. The number of alkyl halides is 3. The highest BCUT2D eigenvalue weighted by Crippen LogP contribution is 2.41. The Hall–Kier alpha value is -6.45. The number of amides is 4. The molecule has 8 rings (SSSR count). The molecule has 4 aliphatic rings. The Labute approximate surface area is 415 Å². The first kappa shape index (κ1) is 50.9. The van der Waals surface area contributed by atoms with E-state index in [1.807, 2.05) is 12.1 Å². The number of benzene rings is 3. The van der Waals surface area contributed by atoms with Crippen LogP contribution in [-0.2, 0) is 25.5 Å². The van der Waals surface area contributed by atoms with Gasteiger partial charge in [0, 0.05) is 99.3 Å². The first-order chi connectivity index (χ1) is 33.9. The van der Waals surface area contributed by atoms with E-state index in [9.17, 15) is 36.9 Å². The summed E-state index contributed by atoms with van der Waals surface area (Å²) >= 11 is 6.50. The van der Waals surface area contributed by atoms with E-state index in [1.165, 1.54) is 18.2 Å². The number of carbonyl (C=O) groups excluding carboxylic acids is 4. The molecule has 1 atom stereocenters. The maximum atomic E-state index is 13.1. The normalized spacial score (nSPS) is 18.2. The third-order valence-corrected chi connectivity index (χ3v) is 14.8. The number of anilines is 6. The van der Waals surface area contributed by atoms with Crippen LogP contribution >= 0.6 is 18.7 Å². The van der Waals surface area contributed by atoms with Gasteiger partial charge < -0.3 is 40.0 Å². The molecule has 0 saturated carbocycles. The van der Waals surface area contributed by atoms with Gasteiger partial charge in [0.2, 0.25) is 23.7 Å². The fourth-order valence-electron chi connectivity index (χ4n) is 9.39. The number of unbranched alkanes of at least 4 members (excludes halogenated alkanes) is 1. The number of piperazine rings is 1. The average Bonchev–Trinajstić information content (AvgIpc) is 3.66. The zero-order valence-corrected chi connectivity index (χ0v) is 41.2. The van der Waals surface area contributed by atoms with Gasteiger partial charge in [0.15, 0.2) is 5.82 Å². The van der Waals surface area contributed by atoms with E-state index in [4.69, 9.17) is 16.3 Å². The van der Waals surface area contributed by atoms with E-state index >= 15 is 0 Å². The van der Waals surface area contributed by atoms with Gasteiger partial charge in [-0.1, -0.05) is 35.6 Å². The lowest BCUT2D eigenvalue weighted by molar-refractivity contribution is -0.137. The van der Waals surface area contributed by atoms with Crippen molar-refractivity contribution in [1.29, 1.82) is 0 Å². The Balaban J connectivity index is 0.858. The number of halogens is 4. The van der Waals surface area contributed by atoms with Gasteiger partial charge in [0.1, 0.15) is 24.0 Å². The molecular formula is C50H55ClF3N10O6P. The van der Waals surface area contributed by atoms with Gasteiger partial charge in [0.25, 0.3) is 5.91 Å². The second-order valence-electron chi connectivity index (χ2n) is 18.2. The summed E-state index contributed by atoms with van der Waals surface area (Å²) in [5.41, 5.74) is 3.92. The Kier molecular flexibility index (Phi) is 15.7. The number of hydrogen-bond acceptors (Lipinski definition) is 13. The third kappa shape index (κ3) is 12.7. The molecule has 374 valence electrons. The highest BCUT2D eigenvalue weighted by Gasteiger charge is 2.39. The molecule has 1 unspecified atom stereocenters. The zero-order chi connectivity index (χ0) is 50.5. The summed E-state index contributed by atoms with van der Waals surface area (Å²) < 4.78 is 58.1. The predicted molar refractivity (Wildman–Crippen MR) is 268 cm³/mol. The molecule has 3 fully saturated rings. The number of methoxy groups -OCH3 is 1. The molecule has 0 radical (unpaired) electrons. The second kappa shape index (κ2) is 21.9. The van der Waals surface area contributed by atoms with Gasteiger partial charge in [-0.2, -0.15) is 18.2 Å². The number of carbonyl (C=O) groups is 4.